The number of hydrogen-bond donors (Lipinski definition) is 2. The van der Waals surface area contributed by atoms with Crippen LogP contribution in [0.15, 0.2) is 42.7 Å². The summed E-state index contributed by atoms with van der Waals surface area (Å²) in [6.07, 6.45) is 3.59. The number of benzene rings is 1. The standard InChI is InChI=1S/C16H18N4O/c1-2-20-15-7-8-17-11-14(15)19-16(20)12-3-5-13(6-4-12)18-9-10-21/h3-8,11,18,21H,2,9-10H2,1H3. The Bertz CT molecular complexity index is 734. The van der Waals surface area contributed by atoms with Gasteiger partial charge in [-0.05, 0) is 37.3 Å². The first kappa shape index (κ1) is 13.6. The van der Waals surface area contributed by atoms with Crippen molar-refractivity contribution in [3.63, 3.8) is 0 Å². The molecule has 1 aromatic carbocycles. The van der Waals surface area contributed by atoms with Gasteiger partial charge in [-0.2, -0.15) is 0 Å². The molecule has 3 rings (SSSR count). The van der Waals surface area contributed by atoms with Crippen molar-refractivity contribution < 1.29 is 5.11 Å². The van der Waals surface area contributed by atoms with Crippen molar-refractivity contribution >= 4 is 16.7 Å². The molecule has 2 heterocycles. The van der Waals surface area contributed by atoms with Crippen LogP contribution in [-0.4, -0.2) is 32.8 Å². The van der Waals surface area contributed by atoms with E-state index in [-0.39, 0.29) is 6.61 Å². The zero-order valence-corrected chi connectivity index (χ0v) is 12.0. The third-order valence-corrected chi connectivity index (χ3v) is 3.45. The second-order valence-corrected chi connectivity index (χ2v) is 4.77. The number of rotatable bonds is 5. The first-order valence-corrected chi connectivity index (χ1v) is 7.09. The quantitative estimate of drug-likeness (QED) is 0.755. The third kappa shape index (κ3) is 2.60. The van der Waals surface area contributed by atoms with Crippen LogP contribution in [0.3, 0.4) is 0 Å². The van der Waals surface area contributed by atoms with Crippen molar-refractivity contribution in [1.82, 2.24) is 14.5 Å². The molecular formula is C16H18N4O. The molecule has 0 atom stereocenters. The van der Waals surface area contributed by atoms with Crippen LogP contribution in [0.25, 0.3) is 22.4 Å². The van der Waals surface area contributed by atoms with Crippen LogP contribution in [0.2, 0.25) is 0 Å². The van der Waals surface area contributed by atoms with Gasteiger partial charge in [-0.25, -0.2) is 4.98 Å². The molecule has 2 N–H and O–H groups in total. The van der Waals surface area contributed by atoms with Crippen molar-refractivity contribution in [3.05, 3.63) is 42.7 Å². The number of anilines is 1. The van der Waals surface area contributed by atoms with Crippen molar-refractivity contribution in [2.24, 2.45) is 0 Å². The highest BCUT2D eigenvalue weighted by Gasteiger charge is 2.11. The van der Waals surface area contributed by atoms with Gasteiger partial charge in [0.25, 0.3) is 0 Å². The van der Waals surface area contributed by atoms with E-state index in [2.05, 4.69) is 26.8 Å². The van der Waals surface area contributed by atoms with Crippen molar-refractivity contribution in [2.75, 3.05) is 18.5 Å². The lowest BCUT2D eigenvalue weighted by molar-refractivity contribution is 0.311. The maximum atomic E-state index is 8.83. The average molecular weight is 282 g/mol. The summed E-state index contributed by atoms with van der Waals surface area (Å²) in [5.74, 6) is 0.953. The van der Waals surface area contributed by atoms with E-state index in [0.29, 0.717) is 6.54 Å². The molecule has 0 saturated carbocycles. The lowest BCUT2D eigenvalue weighted by Gasteiger charge is -2.08. The molecule has 0 radical (unpaired) electrons. The van der Waals surface area contributed by atoms with Crippen LogP contribution in [0.4, 0.5) is 5.69 Å². The highest BCUT2D eigenvalue weighted by molar-refractivity contribution is 5.80. The Morgan fingerprint density at radius 3 is 2.71 bits per heavy atom. The fourth-order valence-corrected chi connectivity index (χ4v) is 2.46. The maximum absolute atomic E-state index is 8.83. The topological polar surface area (TPSA) is 63.0 Å². The summed E-state index contributed by atoms with van der Waals surface area (Å²) in [6.45, 7) is 3.65. The number of aliphatic hydroxyl groups is 1. The first-order valence-electron chi connectivity index (χ1n) is 7.09. The molecule has 21 heavy (non-hydrogen) atoms. The monoisotopic (exact) mass is 282 g/mol. The Balaban J connectivity index is 1.99. The van der Waals surface area contributed by atoms with Crippen LogP contribution < -0.4 is 5.32 Å². The Morgan fingerprint density at radius 1 is 1.19 bits per heavy atom. The van der Waals surface area contributed by atoms with Crippen molar-refractivity contribution in [2.45, 2.75) is 13.5 Å². The minimum atomic E-state index is 0.125. The molecule has 0 bridgehead atoms. The minimum absolute atomic E-state index is 0.125. The number of aromatic nitrogens is 3. The molecule has 0 aliphatic heterocycles. The molecule has 0 amide bonds. The first-order chi connectivity index (χ1) is 10.3. The van der Waals surface area contributed by atoms with E-state index in [0.717, 1.165) is 34.7 Å². The summed E-state index contributed by atoms with van der Waals surface area (Å²) < 4.78 is 2.19. The Labute approximate surface area is 123 Å². The lowest BCUT2D eigenvalue weighted by Crippen LogP contribution is -2.05. The van der Waals surface area contributed by atoms with Gasteiger partial charge >= 0.3 is 0 Å². The molecule has 3 aromatic rings. The highest BCUT2D eigenvalue weighted by atomic mass is 16.3. The van der Waals surface area contributed by atoms with E-state index >= 15 is 0 Å². The molecule has 5 nitrogen and oxygen atoms in total. The van der Waals surface area contributed by atoms with Crippen LogP contribution in [-0.2, 0) is 6.54 Å². The summed E-state index contributed by atoms with van der Waals surface area (Å²) >= 11 is 0. The number of hydrogen-bond acceptors (Lipinski definition) is 4. The van der Waals surface area contributed by atoms with Crippen LogP contribution in [0.1, 0.15) is 6.92 Å². The van der Waals surface area contributed by atoms with Crippen LogP contribution >= 0.6 is 0 Å². The van der Waals surface area contributed by atoms with E-state index in [1.807, 2.05) is 30.3 Å². The molecule has 0 unspecified atom stereocenters. The SMILES string of the molecule is CCn1c(-c2ccc(NCCO)cc2)nc2cnccc21. The minimum Gasteiger partial charge on any atom is -0.395 e. The summed E-state index contributed by atoms with van der Waals surface area (Å²) in [6, 6.07) is 10.1. The predicted molar refractivity (Wildman–Crippen MR) is 84.2 cm³/mol. The summed E-state index contributed by atoms with van der Waals surface area (Å²) in [5.41, 5.74) is 4.08. The summed E-state index contributed by atoms with van der Waals surface area (Å²) in [5, 5.41) is 12.0. The molecule has 2 aromatic heterocycles. The van der Waals surface area contributed by atoms with Gasteiger partial charge in [0, 0.05) is 30.5 Å². The fraction of sp³-hybridized carbons (Fsp3) is 0.250. The van der Waals surface area contributed by atoms with Gasteiger partial charge in [0.2, 0.25) is 0 Å². The molecule has 0 spiro atoms. The number of pyridine rings is 1. The molecule has 0 aliphatic rings. The molecule has 0 saturated heterocycles. The Kier molecular flexibility index (Phi) is 3.83. The third-order valence-electron chi connectivity index (χ3n) is 3.45. The Hall–Kier alpha value is -2.40. The largest absolute Gasteiger partial charge is 0.395 e. The summed E-state index contributed by atoms with van der Waals surface area (Å²) in [7, 11) is 0. The fourth-order valence-electron chi connectivity index (χ4n) is 2.46. The summed E-state index contributed by atoms with van der Waals surface area (Å²) in [4.78, 5) is 8.82. The van der Waals surface area contributed by atoms with Gasteiger partial charge in [0.15, 0.2) is 0 Å². The molecule has 0 fully saturated rings. The van der Waals surface area contributed by atoms with E-state index in [4.69, 9.17) is 5.11 Å². The number of aryl methyl sites for hydroxylation is 1. The van der Waals surface area contributed by atoms with E-state index in [9.17, 15) is 0 Å². The number of nitrogens with zero attached hydrogens (tertiary/aromatic N) is 3. The van der Waals surface area contributed by atoms with Gasteiger partial charge in [-0.1, -0.05) is 0 Å². The zero-order valence-electron chi connectivity index (χ0n) is 12.0. The molecule has 108 valence electrons. The number of aliphatic hydroxyl groups excluding tert-OH is 1. The van der Waals surface area contributed by atoms with E-state index in [1.165, 1.54) is 0 Å². The van der Waals surface area contributed by atoms with Crippen molar-refractivity contribution in [3.8, 4) is 11.4 Å². The highest BCUT2D eigenvalue weighted by Crippen LogP contribution is 2.25. The smallest absolute Gasteiger partial charge is 0.141 e. The molecule has 5 heteroatoms. The lowest BCUT2D eigenvalue weighted by atomic mass is 10.2. The van der Waals surface area contributed by atoms with E-state index < -0.39 is 0 Å². The van der Waals surface area contributed by atoms with Gasteiger partial charge in [0.1, 0.15) is 11.3 Å². The predicted octanol–water partition coefficient (Wildman–Crippen LogP) is 2.52. The second kappa shape index (κ2) is 5.93. The second-order valence-electron chi connectivity index (χ2n) is 4.77. The van der Waals surface area contributed by atoms with Gasteiger partial charge in [0.05, 0.1) is 18.3 Å². The van der Waals surface area contributed by atoms with Crippen molar-refractivity contribution in [1.29, 1.82) is 0 Å². The Morgan fingerprint density at radius 2 is 2.00 bits per heavy atom. The maximum Gasteiger partial charge on any atom is 0.141 e. The molecular weight excluding hydrogens is 264 g/mol. The van der Waals surface area contributed by atoms with Gasteiger partial charge in [-0.3, -0.25) is 4.98 Å². The number of imidazole rings is 1. The normalized spacial score (nSPS) is 11.0. The average Bonchev–Trinajstić information content (AvgIpc) is 2.92. The van der Waals surface area contributed by atoms with Gasteiger partial charge in [-0.15, -0.1) is 0 Å². The molecule has 0 aliphatic carbocycles. The number of fused-ring (bicyclic) bond motifs is 1. The van der Waals surface area contributed by atoms with E-state index in [1.54, 1.807) is 12.4 Å². The van der Waals surface area contributed by atoms with Gasteiger partial charge < -0.3 is 15.0 Å². The van der Waals surface area contributed by atoms with Crippen LogP contribution in [0, 0.1) is 0 Å². The zero-order chi connectivity index (χ0) is 14.7. The van der Waals surface area contributed by atoms with Crippen LogP contribution in [0.5, 0.6) is 0 Å². The number of nitrogens with one attached hydrogen (secondary N) is 1.